The quantitative estimate of drug-likeness (QED) is 0.671. The Balaban J connectivity index is 3.33. The molecular weight excluding hydrogens is 212 g/mol. The normalized spacial score (nSPS) is 12.9. The average molecular weight is 236 g/mol. The molecule has 0 atom stereocenters. The van der Waals surface area contributed by atoms with Crippen molar-refractivity contribution in [3.05, 3.63) is 34.9 Å². The lowest BCUT2D eigenvalue weighted by atomic mass is 9.80. The van der Waals surface area contributed by atoms with Gasteiger partial charge in [0, 0.05) is 5.75 Å². The van der Waals surface area contributed by atoms with Crippen LogP contribution in [0.15, 0.2) is 18.2 Å². The molecule has 0 unspecified atom stereocenters. The van der Waals surface area contributed by atoms with Crippen molar-refractivity contribution < 1.29 is 0 Å². The predicted molar refractivity (Wildman–Crippen MR) is 76.5 cm³/mol. The standard InChI is InChI=1S/C15H24S/c1-14(2,3)12-7-11(10-16)8-13(9-12)15(4,5)6/h7-9,16H,10H2,1-6H3. The molecule has 0 bridgehead atoms. The first-order chi connectivity index (χ1) is 7.14. The lowest BCUT2D eigenvalue weighted by molar-refractivity contribution is 0.567. The zero-order chi connectivity index (χ0) is 12.6. The Kier molecular flexibility index (Phi) is 3.79. The van der Waals surface area contributed by atoms with Gasteiger partial charge >= 0.3 is 0 Å². The molecule has 0 nitrogen and oxygen atoms in total. The summed E-state index contributed by atoms with van der Waals surface area (Å²) in [6.07, 6.45) is 0. The van der Waals surface area contributed by atoms with Gasteiger partial charge in [0.15, 0.2) is 0 Å². The second-order valence-electron chi connectivity index (χ2n) is 6.58. The Morgan fingerprint density at radius 2 is 1.19 bits per heavy atom. The van der Waals surface area contributed by atoms with Gasteiger partial charge in [0.25, 0.3) is 0 Å². The van der Waals surface area contributed by atoms with Crippen molar-refractivity contribution in [2.75, 3.05) is 0 Å². The maximum absolute atomic E-state index is 4.40. The zero-order valence-corrected chi connectivity index (χ0v) is 12.3. The molecular formula is C15H24S. The maximum atomic E-state index is 4.40. The summed E-state index contributed by atoms with van der Waals surface area (Å²) in [6, 6.07) is 6.90. The van der Waals surface area contributed by atoms with Crippen LogP contribution in [0.4, 0.5) is 0 Å². The molecule has 0 aliphatic heterocycles. The number of thiol groups is 1. The smallest absolute Gasteiger partial charge is 0.0154 e. The number of rotatable bonds is 1. The van der Waals surface area contributed by atoms with Gasteiger partial charge in [0.2, 0.25) is 0 Å². The lowest BCUT2D eigenvalue weighted by Crippen LogP contribution is -2.16. The van der Waals surface area contributed by atoms with E-state index in [9.17, 15) is 0 Å². The van der Waals surface area contributed by atoms with Crippen LogP contribution in [0.25, 0.3) is 0 Å². The van der Waals surface area contributed by atoms with Gasteiger partial charge in [0.05, 0.1) is 0 Å². The van der Waals surface area contributed by atoms with Crippen LogP contribution in [0.1, 0.15) is 58.2 Å². The van der Waals surface area contributed by atoms with Crippen molar-refractivity contribution in [1.82, 2.24) is 0 Å². The molecule has 0 aliphatic carbocycles. The van der Waals surface area contributed by atoms with Crippen LogP contribution in [-0.4, -0.2) is 0 Å². The Morgan fingerprint density at radius 3 is 1.44 bits per heavy atom. The third-order valence-corrected chi connectivity index (χ3v) is 3.27. The monoisotopic (exact) mass is 236 g/mol. The highest BCUT2D eigenvalue weighted by Crippen LogP contribution is 2.30. The van der Waals surface area contributed by atoms with E-state index in [-0.39, 0.29) is 10.8 Å². The minimum absolute atomic E-state index is 0.207. The fourth-order valence-corrected chi connectivity index (χ4v) is 1.83. The predicted octanol–water partition coefficient (Wildman–Crippen LogP) is 4.71. The molecule has 0 saturated heterocycles. The molecule has 16 heavy (non-hydrogen) atoms. The Morgan fingerprint density at radius 1 is 0.812 bits per heavy atom. The Bertz CT molecular complexity index is 332. The van der Waals surface area contributed by atoms with E-state index in [1.807, 2.05) is 0 Å². The summed E-state index contributed by atoms with van der Waals surface area (Å²) in [4.78, 5) is 0. The van der Waals surface area contributed by atoms with Crippen LogP contribution in [0, 0.1) is 0 Å². The first-order valence-electron chi connectivity index (χ1n) is 5.90. The van der Waals surface area contributed by atoms with Gasteiger partial charge in [0.1, 0.15) is 0 Å². The van der Waals surface area contributed by atoms with E-state index < -0.39 is 0 Å². The van der Waals surface area contributed by atoms with Crippen molar-refractivity contribution in [3.63, 3.8) is 0 Å². The minimum Gasteiger partial charge on any atom is -0.175 e. The third kappa shape index (κ3) is 3.28. The molecule has 0 fully saturated rings. The van der Waals surface area contributed by atoms with E-state index in [1.54, 1.807) is 0 Å². The maximum Gasteiger partial charge on any atom is 0.0154 e. The lowest BCUT2D eigenvalue weighted by Gasteiger charge is -2.26. The molecule has 0 N–H and O–H groups in total. The summed E-state index contributed by atoms with van der Waals surface area (Å²) in [5.74, 6) is 0.813. The van der Waals surface area contributed by atoms with Crippen LogP contribution in [0.3, 0.4) is 0 Å². The fraction of sp³-hybridized carbons (Fsp3) is 0.600. The number of benzene rings is 1. The van der Waals surface area contributed by atoms with Gasteiger partial charge in [-0.05, 0) is 27.5 Å². The zero-order valence-electron chi connectivity index (χ0n) is 11.4. The molecule has 1 heteroatoms. The largest absolute Gasteiger partial charge is 0.175 e. The van der Waals surface area contributed by atoms with Gasteiger partial charge in [-0.15, -0.1) is 0 Å². The van der Waals surface area contributed by atoms with Crippen molar-refractivity contribution in [2.45, 2.75) is 58.1 Å². The van der Waals surface area contributed by atoms with E-state index >= 15 is 0 Å². The summed E-state index contributed by atoms with van der Waals surface area (Å²) >= 11 is 4.40. The van der Waals surface area contributed by atoms with E-state index in [0.717, 1.165) is 5.75 Å². The molecule has 0 spiro atoms. The number of hydrogen-bond donors (Lipinski definition) is 1. The Hall–Kier alpha value is -0.430. The molecule has 0 radical (unpaired) electrons. The van der Waals surface area contributed by atoms with E-state index in [4.69, 9.17) is 0 Å². The van der Waals surface area contributed by atoms with E-state index in [1.165, 1.54) is 16.7 Å². The third-order valence-electron chi connectivity index (χ3n) is 2.91. The highest BCUT2D eigenvalue weighted by Gasteiger charge is 2.19. The minimum atomic E-state index is 0.207. The Labute approximate surface area is 106 Å². The summed E-state index contributed by atoms with van der Waals surface area (Å²) < 4.78 is 0. The van der Waals surface area contributed by atoms with Crippen LogP contribution in [-0.2, 0) is 16.6 Å². The van der Waals surface area contributed by atoms with Gasteiger partial charge < -0.3 is 0 Å². The molecule has 0 aromatic heterocycles. The summed E-state index contributed by atoms with van der Waals surface area (Å²) in [5.41, 5.74) is 4.55. The highest BCUT2D eigenvalue weighted by atomic mass is 32.1. The summed E-state index contributed by atoms with van der Waals surface area (Å²) in [5, 5.41) is 0. The molecule has 1 aromatic carbocycles. The molecule has 0 saturated carbocycles. The molecule has 1 rings (SSSR count). The van der Waals surface area contributed by atoms with Crippen LogP contribution in [0.2, 0.25) is 0 Å². The second kappa shape index (κ2) is 4.44. The van der Waals surface area contributed by atoms with Gasteiger partial charge in [-0.2, -0.15) is 12.6 Å². The molecule has 0 heterocycles. The van der Waals surface area contributed by atoms with Crippen LogP contribution < -0.4 is 0 Å². The fourth-order valence-electron chi connectivity index (χ4n) is 1.65. The van der Waals surface area contributed by atoms with Crippen LogP contribution in [0.5, 0.6) is 0 Å². The summed E-state index contributed by atoms with van der Waals surface area (Å²) in [7, 11) is 0. The van der Waals surface area contributed by atoms with Crippen molar-refractivity contribution in [2.24, 2.45) is 0 Å². The number of hydrogen-bond acceptors (Lipinski definition) is 1. The van der Waals surface area contributed by atoms with Crippen molar-refractivity contribution >= 4 is 12.6 Å². The van der Waals surface area contributed by atoms with E-state index in [0.29, 0.717) is 0 Å². The average Bonchev–Trinajstić information content (AvgIpc) is 2.14. The van der Waals surface area contributed by atoms with Crippen LogP contribution >= 0.6 is 12.6 Å². The van der Waals surface area contributed by atoms with Gasteiger partial charge in [-0.25, -0.2) is 0 Å². The molecule has 90 valence electrons. The molecule has 0 amide bonds. The SMILES string of the molecule is CC(C)(C)c1cc(CS)cc(C(C)(C)C)c1. The van der Waals surface area contributed by atoms with Crippen molar-refractivity contribution in [1.29, 1.82) is 0 Å². The summed E-state index contributed by atoms with van der Waals surface area (Å²) in [6.45, 7) is 13.6. The first-order valence-corrected chi connectivity index (χ1v) is 6.53. The second-order valence-corrected chi connectivity index (χ2v) is 6.89. The van der Waals surface area contributed by atoms with Gasteiger partial charge in [-0.3, -0.25) is 0 Å². The molecule has 0 aliphatic rings. The van der Waals surface area contributed by atoms with Crippen molar-refractivity contribution in [3.8, 4) is 0 Å². The highest BCUT2D eigenvalue weighted by molar-refractivity contribution is 7.79. The first kappa shape index (κ1) is 13.6. The van der Waals surface area contributed by atoms with E-state index in [2.05, 4.69) is 72.4 Å². The molecule has 1 aromatic rings. The topological polar surface area (TPSA) is 0 Å². The van der Waals surface area contributed by atoms with Gasteiger partial charge in [-0.1, -0.05) is 59.7 Å².